The Hall–Kier alpha value is -3.49. The van der Waals surface area contributed by atoms with E-state index in [1.54, 1.807) is 12.4 Å². The first-order valence-electron chi connectivity index (χ1n) is 8.91. The third-order valence-electron chi connectivity index (χ3n) is 4.96. The molecule has 0 aliphatic carbocycles. The number of urea groups is 1. The van der Waals surface area contributed by atoms with Crippen molar-refractivity contribution in [1.29, 1.82) is 0 Å². The second-order valence-electron chi connectivity index (χ2n) is 6.65. The SMILES string of the molecule is O=C(Nc1cnccn1)N1CCC[C@@H](c2ncc3cnc4[nH]ccc4n23)C1.[HH].[HH]. The maximum absolute atomic E-state index is 12.6. The summed E-state index contributed by atoms with van der Waals surface area (Å²) in [7, 11) is 0. The number of hydrogen-bond acceptors (Lipinski definition) is 5. The van der Waals surface area contributed by atoms with E-state index in [1.165, 1.54) is 6.20 Å². The van der Waals surface area contributed by atoms with E-state index >= 15 is 0 Å². The van der Waals surface area contributed by atoms with Gasteiger partial charge in [-0.3, -0.25) is 14.7 Å². The topological polar surface area (TPSA) is 104 Å². The van der Waals surface area contributed by atoms with Crippen molar-refractivity contribution >= 4 is 28.5 Å². The number of likely N-dealkylation sites (tertiary alicyclic amines) is 1. The van der Waals surface area contributed by atoms with Gasteiger partial charge in [-0.1, -0.05) is 0 Å². The Labute approximate surface area is 157 Å². The summed E-state index contributed by atoms with van der Waals surface area (Å²) in [6.07, 6.45) is 12.1. The number of aromatic nitrogens is 6. The first-order valence-corrected chi connectivity index (χ1v) is 8.91. The van der Waals surface area contributed by atoms with Crippen molar-refractivity contribution in [3.05, 3.63) is 49.1 Å². The van der Waals surface area contributed by atoms with E-state index in [4.69, 9.17) is 0 Å². The zero-order valence-electron chi connectivity index (χ0n) is 14.5. The fraction of sp³-hybridized carbons (Fsp3) is 0.278. The molecule has 2 amide bonds. The van der Waals surface area contributed by atoms with Gasteiger partial charge < -0.3 is 9.88 Å². The van der Waals surface area contributed by atoms with Gasteiger partial charge in [0.1, 0.15) is 5.82 Å². The Morgan fingerprint density at radius 1 is 1.22 bits per heavy atom. The molecule has 4 aromatic heterocycles. The van der Waals surface area contributed by atoms with E-state index < -0.39 is 0 Å². The third-order valence-corrected chi connectivity index (χ3v) is 4.96. The van der Waals surface area contributed by atoms with Gasteiger partial charge in [-0.2, -0.15) is 0 Å². The highest BCUT2D eigenvalue weighted by Crippen LogP contribution is 2.28. The summed E-state index contributed by atoms with van der Waals surface area (Å²) < 4.78 is 2.13. The molecule has 1 saturated heterocycles. The average Bonchev–Trinajstić information content (AvgIpc) is 3.35. The maximum atomic E-state index is 12.6. The van der Waals surface area contributed by atoms with Crippen LogP contribution in [-0.4, -0.2) is 53.3 Å². The number of fused-ring (bicyclic) bond motifs is 3. The normalized spacial score (nSPS) is 17.5. The third kappa shape index (κ3) is 2.77. The fourth-order valence-corrected chi connectivity index (χ4v) is 3.71. The number of anilines is 1. The van der Waals surface area contributed by atoms with Crippen LogP contribution in [0.25, 0.3) is 16.7 Å². The van der Waals surface area contributed by atoms with Crippen molar-refractivity contribution < 1.29 is 7.65 Å². The number of H-pyrrole nitrogens is 1. The van der Waals surface area contributed by atoms with Crippen LogP contribution in [0, 0.1) is 0 Å². The van der Waals surface area contributed by atoms with Gasteiger partial charge in [0.25, 0.3) is 0 Å². The molecule has 9 nitrogen and oxygen atoms in total. The van der Waals surface area contributed by atoms with Gasteiger partial charge in [0.15, 0.2) is 11.5 Å². The number of carbonyl (C=O) groups is 1. The van der Waals surface area contributed by atoms with Gasteiger partial charge in [0, 0.05) is 40.5 Å². The van der Waals surface area contributed by atoms with Crippen LogP contribution in [-0.2, 0) is 0 Å². The highest BCUT2D eigenvalue weighted by Gasteiger charge is 2.28. The van der Waals surface area contributed by atoms with Crippen LogP contribution in [0.3, 0.4) is 0 Å². The molecule has 140 valence electrons. The van der Waals surface area contributed by atoms with Gasteiger partial charge in [0.05, 0.1) is 29.6 Å². The van der Waals surface area contributed by atoms with E-state index in [9.17, 15) is 4.79 Å². The minimum absolute atomic E-state index is 0. The van der Waals surface area contributed by atoms with Crippen LogP contribution < -0.4 is 5.32 Å². The van der Waals surface area contributed by atoms with Crippen LogP contribution in [0.15, 0.2) is 43.2 Å². The van der Waals surface area contributed by atoms with Gasteiger partial charge in [-0.15, -0.1) is 0 Å². The zero-order chi connectivity index (χ0) is 18.2. The Morgan fingerprint density at radius 2 is 2.15 bits per heavy atom. The lowest BCUT2D eigenvalue weighted by Crippen LogP contribution is -2.42. The molecule has 0 saturated carbocycles. The molecule has 0 unspecified atom stereocenters. The molecule has 1 atom stereocenters. The lowest BCUT2D eigenvalue weighted by molar-refractivity contribution is 0.191. The summed E-state index contributed by atoms with van der Waals surface area (Å²) in [5.74, 6) is 1.58. The molecule has 1 aliphatic heterocycles. The van der Waals surface area contributed by atoms with Gasteiger partial charge in [0.2, 0.25) is 0 Å². The van der Waals surface area contributed by atoms with Crippen molar-refractivity contribution in [1.82, 2.24) is 34.2 Å². The monoisotopic (exact) mass is 366 g/mol. The van der Waals surface area contributed by atoms with Crippen LogP contribution in [0.4, 0.5) is 10.6 Å². The predicted octanol–water partition coefficient (Wildman–Crippen LogP) is 2.90. The van der Waals surface area contributed by atoms with Gasteiger partial charge in [-0.05, 0) is 18.9 Å². The maximum Gasteiger partial charge on any atom is 0.323 e. The zero-order valence-corrected chi connectivity index (χ0v) is 14.5. The van der Waals surface area contributed by atoms with Crippen molar-refractivity contribution in [3.8, 4) is 0 Å². The molecular weight excluding hydrogens is 344 g/mol. The number of imidazole rings is 1. The summed E-state index contributed by atoms with van der Waals surface area (Å²) in [6, 6.07) is 1.84. The van der Waals surface area contributed by atoms with E-state index in [2.05, 4.69) is 34.6 Å². The highest BCUT2D eigenvalue weighted by atomic mass is 16.2. The molecule has 27 heavy (non-hydrogen) atoms. The second kappa shape index (κ2) is 6.35. The molecular formula is C18H22N8O. The van der Waals surface area contributed by atoms with Crippen LogP contribution >= 0.6 is 0 Å². The number of piperidine rings is 1. The van der Waals surface area contributed by atoms with Crippen LogP contribution in [0.1, 0.15) is 27.4 Å². The number of aromatic amines is 1. The molecule has 5 heterocycles. The van der Waals surface area contributed by atoms with Crippen LogP contribution in [0.2, 0.25) is 0 Å². The number of nitrogens with one attached hydrogen (secondary N) is 2. The molecule has 1 aliphatic rings. The summed E-state index contributed by atoms with van der Waals surface area (Å²) in [5.41, 5.74) is 2.79. The van der Waals surface area contributed by atoms with Crippen molar-refractivity contribution in [3.63, 3.8) is 0 Å². The number of carbonyl (C=O) groups excluding carboxylic acids is 1. The van der Waals surface area contributed by atoms with Crippen molar-refractivity contribution in [2.45, 2.75) is 18.8 Å². The van der Waals surface area contributed by atoms with Gasteiger partial charge >= 0.3 is 6.03 Å². The summed E-state index contributed by atoms with van der Waals surface area (Å²) in [4.78, 5) is 34.7. The molecule has 1 fully saturated rings. The molecule has 0 radical (unpaired) electrons. The highest BCUT2D eigenvalue weighted by molar-refractivity contribution is 5.88. The van der Waals surface area contributed by atoms with E-state index in [0.717, 1.165) is 35.3 Å². The Morgan fingerprint density at radius 3 is 3.04 bits per heavy atom. The Balaban J connectivity index is 0.00000120. The first-order chi connectivity index (χ1) is 13.3. The molecule has 0 aromatic carbocycles. The molecule has 0 bridgehead atoms. The standard InChI is InChI=1S/C18H18N8O.2H2/c27-18(24-15-10-19-5-6-20-15)25-7-1-2-12(11-25)17-23-9-13-8-22-16-14(26(13)17)3-4-21-16;;/h3-6,8-10,12,21H,1-2,7,11H2,(H,20,24,27);2*1H/t12-;;/m1../s1. The summed E-state index contributed by atoms with van der Waals surface area (Å²) in [5, 5.41) is 2.81. The van der Waals surface area contributed by atoms with E-state index in [1.807, 2.05) is 29.6 Å². The Kier molecular flexibility index (Phi) is 3.70. The smallest absolute Gasteiger partial charge is 0.323 e. The van der Waals surface area contributed by atoms with E-state index in [0.29, 0.717) is 18.9 Å². The molecule has 4 aromatic rings. The second-order valence-corrected chi connectivity index (χ2v) is 6.65. The Bertz CT molecular complexity index is 1110. The quantitative estimate of drug-likeness (QED) is 0.568. The lowest BCUT2D eigenvalue weighted by atomic mass is 9.97. The number of rotatable bonds is 2. The number of amides is 2. The van der Waals surface area contributed by atoms with Crippen LogP contribution in [0.5, 0.6) is 0 Å². The fourth-order valence-electron chi connectivity index (χ4n) is 3.71. The molecule has 2 N–H and O–H groups in total. The first kappa shape index (κ1) is 15.7. The minimum Gasteiger partial charge on any atom is -0.345 e. The predicted molar refractivity (Wildman–Crippen MR) is 104 cm³/mol. The molecule has 0 spiro atoms. The lowest BCUT2D eigenvalue weighted by Gasteiger charge is -2.32. The van der Waals surface area contributed by atoms with Gasteiger partial charge in [-0.25, -0.2) is 19.7 Å². The molecule has 5 rings (SSSR count). The van der Waals surface area contributed by atoms with Crippen molar-refractivity contribution in [2.75, 3.05) is 18.4 Å². The minimum atomic E-state index is -0.158. The largest absolute Gasteiger partial charge is 0.345 e. The number of nitrogens with zero attached hydrogens (tertiary/aromatic N) is 6. The average molecular weight is 366 g/mol. The number of hydrogen-bond donors (Lipinski definition) is 2. The summed E-state index contributed by atoms with van der Waals surface area (Å²) in [6.45, 7) is 1.33. The van der Waals surface area contributed by atoms with E-state index in [-0.39, 0.29) is 14.8 Å². The molecule has 9 heteroatoms. The van der Waals surface area contributed by atoms with Crippen molar-refractivity contribution in [2.24, 2.45) is 0 Å². The summed E-state index contributed by atoms with van der Waals surface area (Å²) >= 11 is 0.